The Hall–Kier alpha value is -2.89. The molecule has 6 nitrogen and oxygen atoms in total. The molecule has 2 rings (SSSR count). The average molecular weight is 328 g/mol. The van der Waals surface area contributed by atoms with Crippen LogP contribution in [0.3, 0.4) is 0 Å². The maximum atomic E-state index is 12.0. The van der Waals surface area contributed by atoms with Gasteiger partial charge in [-0.05, 0) is 16.3 Å². The van der Waals surface area contributed by atoms with Crippen molar-refractivity contribution in [3.63, 3.8) is 0 Å². The monoisotopic (exact) mass is 328 g/mol. The maximum absolute atomic E-state index is 12.0. The van der Waals surface area contributed by atoms with Crippen molar-refractivity contribution in [2.45, 2.75) is 12.8 Å². The van der Waals surface area contributed by atoms with Crippen LogP contribution < -0.4 is 10.6 Å². The lowest BCUT2D eigenvalue weighted by Gasteiger charge is -2.08. The number of carbonyl (C=O) groups excluding carboxylic acids is 3. The normalized spacial score (nSPS) is 10.2. The molecule has 2 N–H and O–H groups in total. The molecule has 6 heteroatoms. The second kappa shape index (κ2) is 8.67. The molecule has 0 aromatic heterocycles. The molecule has 2 aromatic rings. The molecule has 2 aromatic carbocycles. The zero-order valence-corrected chi connectivity index (χ0v) is 13.5. The predicted octanol–water partition coefficient (Wildman–Crippen LogP) is 1.18. The Balaban J connectivity index is 1.80. The number of fused-ring (bicyclic) bond motifs is 1. The molecule has 0 aliphatic heterocycles. The van der Waals surface area contributed by atoms with E-state index in [0.29, 0.717) is 0 Å². The predicted molar refractivity (Wildman–Crippen MR) is 90.3 cm³/mol. The Labute approximate surface area is 140 Å². The fraction of sp³-hybridized carbons (Fsp3) is 0.278. The summed E-state index contributed by atoms with van der Waals surface area (Å²) in [6.07, 6.45) is 0.309. The highest BCUT2D eigenvalue weighted by molar-refractivity contribution is 5.91. The van der Waals surface area contributed by atoms with E-state index in [9.17, 15) is 14.4 Å². The van der Waals surface area contributed by atoms with Crippen molar-refractivity contribution < 1.29 is 19.1 Å². The van der Waals surface area contributed by atoms with Gasteiger partial charge in [-0.15, -0.1) is 0 Å². The number of hydrogen-bond acceptors (Lipinski definition) is 4. The smallest absolute Gasteiger partial charge is 0.307 e. The van der Waals surface area contributed by atoms with Crippen molar-refractivity contribution in [2.75, 3.05) is 20.2 Å². The highest BCUT2D eigenvalue weighted by atomic mass is 16.5. The molecule has 0 radical (unpaired) electrons. The van der Waals surface area contributed by atoms with Gasteiger partial charge in [0.15, 0.2) is 0 Å². The SMILES string of the molecule is COC(=O)CCNC(=O)CNC(=O)Cc1cccc2ccccc12. The second-order valence-corrected chi connectivity index (χ2v) is 5.27. The molecule has 0 atom stereocenters. The number of methoxy groups -OCH3 is 1. The first-order valence-corrected chi connectivity index (χ1v) is 7.67. The first kappa shape index (κ1) is 17.5. The van der Waals surface area contributed by atoms with Crippen LogP contribution in [0.4, 0.5) is 0 Å². The third-order valence-electron chi connectivity index (χ3n) is 3.56. The number of carbonyl (C=O) groups is 3. The number of hydrogen-bond donors (Lipinski definition) is 2. The van der Waals surface area contributed by atoms with Crippen molar-refractivity contribution in [1.29, 1.82) is 0 Å². The molecule has 0 unspecified atom stereocenters. The number of nitrogens with one attached hydrogen (secondary N) is 2. The Bertz CT molecular complexity index is 737. The van der Waals surface area contributed by atoms with Crippen LogP contribution in [-0.2, 0) is 25.5 Å². The minimum atomic E-state index is -0.393. The maximum Gasteiger partial charge on any atom is 0.307 e. The van der Waals surface area contributed by atoms with Crippen molar-refractivity contribution in [1.82, 2.24) is 10.6 Å². The van der Waals surface area contributed by atoms with Crippen LogP contribution in [0.1, 0.15) is 12.0 Å². The van der Waals surface area contributed by atoms with E-state index in [2.05, 4.69) is 15.4 Å². The third kappa shape index (κ3) is 5.08. The Kier molecular flexibility index (Phi) is 6.31. The van der Waals surface area contributed by atoms with Gasteiger partial charge >= 0.3 is 5.97 Å². The fourth-order valence-electron chi connectivity index (χ4n) is 2.33. The first-order chi connectivity index (χ1) is 11.6. The van der Waals surface area contributed by atoms with Gasteiger partial charge in [-0.1, -0.05) is 42.5 Å². The van der Waals surface area contributed by atoms with Gasteiger partial charge in [-0.3, -0.25) is 14.4 Å². The number of esters is 1. The number of rotatable bonds is 7. The number of amides is 2. The second-order valence-electron chi connectivity index (χ2n) is 5.27. The van der Waals surface area contributed by atoms with Crippen molar-refractivity contribution in [3.05, 3.63) is 48.0 Å². The van der Waals surface area contributed by atoms with Crippen LogP contribution in [0.5, 0.6) is 0 Å². The molecule has 0 saturated heterocycles. The lowest BCUT2D eigenvalue weighted by atomic mass is 10.0. The lowest BCUT2D eigenvalue weighted by molar-refractivity contribution is -0.140. The van der Waals surface area contributed by atoms with Crippen LogP contribution in [0.15, 0.2) is 42.5 Å². The highest BCUT2D eigenvalue weighted by Gasteiger charge is 2.09. The molecule has 0 heterocycles. The van der Waals surface area contributed by atoms with Gasteiger partial charge < -0.3 is 15.4 Å². The Morgan fingerprint density at radius 1 is 0.958 bits per heavy atom. The topological polar surface area (TPSA) is 84.5 Å². The lowest BCUT2D eigenvalue weighted by Crippen LogP contribution is -2.38. The van der Waals surface area contributed by atoms with E-state index in [0.717, 1.165) is 16.3 Å². The Morgan fingerprint density at radius 2 is 1.71 bits per heavy atom. The van der Waals surface area contributed by atoms with Gasteiger partial charge in [0.2, 0.25) is 11.8 Å². The van der Waals surface area contributed by atoms with E-state index in [1.165, 1.54) is 7.11 Å². The van der Waals surface area contributed by atoms with Crippen LogP contribution >= 0.6 is 0 Å². The van der Waals surface area contributed by atoms with Crippen LogP contribution in [-0.4, -0.2) is 38.0 Å². The molecular weight excluding hydrogens is 308 g/mol. The zero-order valence-electron chi connectivity index (χ0n) is 13.5. The van der Waals surface area contributed by atoms with Gasteiger partial charge in [0.1, 0.15) is 0 Å². The van der Waals surface area contributed by atoms with Crippen LogP contribution in [0, 0.1) is 0 Å². The molecule has 0 aliphatic carbocycles. The largest absolute Gasteiger partial charge is 0.469 e. The van der Waals surface area contributed by atoms with Gasteiger partial charge in [-0.25, -0.2) is 0 Å². The summed E-state index contributed by atoms with van der Waals surface area (Å²) in [7, 11) is 1.29. The molecule has 0 aliphatic rings. The zero-order chi connectivity index (χ0) is 17.4. The third-order valence-corrected chi connectivity index (χ3v) is 3.56. The Morgan fingerprint density at radius 3 is 2.50 bits per heavy atom. The molecule has 24 heavy (non-hydrogen) atoms. The van der Waals surface area contributed by atoms with Crippen molar-refractivity contribution in [2.24, 2.45) is 0 Å². The summed E-state index contributed by atoms with van der Waals surface area (Å²) in [6, 6.07) is 13.6. The van der Waals surface area contributed by atoms with E-state index < -0.39 is 5.97 Å². The molecule has 0 bridgehead atoms. The summed E-state index contributed by atoms with van der Waals surface area (Å²) >= 11 is 0. The van der Waals surface area contributed by atoms with E-state index in [1.807, 2.05) is 42.5 Å². The number of ether oxygens (including phenoxy) is 1. The van der Waals surface area contributed by atoms with Gasteiger partial charge in [0.05, 0.1) is 26.5 Å². The molecular formula is C18H20N2O4. The van der Waals surface area contributed by atoms with E-state index in [4.69, 9.17) is 0 Å². The fourth-order valence-corrected chi connectivity index (χ4v) is 2.33. The standard InChI is InChI=1S/C18H20N2O4/c1-24-18(23)9-10-19-17(22)12-20-16(21)11-14-7-4-6-13-5-2-3-8-15(13)14/h2-8H,9-12H2,1H3,(H,19,22)(H,20,21). The summed E-state index contributed by atoms with van der Waals surface area (Å²) < 4.78 is 4.47. The summed E-state index contributed by atoms with van der Waals surface area (Å²) in [6.45, 7) is 0.0650. The molecule has 126 valence electrons. The summed E-state index contributed by atoms with van der Waals surface area (Å²) in [5.41, 5.74) is 0.914. The van der Waals surface area contributed by atoms with Gasteiger partial charge in [-0.2, -0.15) is 0 Å². The minimum absolute atomic E-state index is 0.103. The molecule has 0 fully saturated rings. The summed E-state index contributed by atoms with van der Waals surface area (Å²) in [4.78, 5) is 34.6. The molecule has 2 amide bonds. The minimum Gasteiger partial charge on any atom is -0.469 e. The first-order valence-electron chi connectivity index (χ1n) is 7.67. The summed E-state index contributed by atoms with van der Waals surface area (Å²) in [5, 5.41) is 7.22. The van der Waals surface area contributed by atoms with Crippen molar-refractivity contribution >= 4 is 28.6 Å². The molecule has 0 spiro atoms. The van der Waals surface area contributed by atoms with E-state index in [1.54, 1.807) is 0 Å². The summed E-state index contributed by atoms with van der Waals surface area (Å²) in [5.74, 6) is -0.963. The van der Waals surface area contributed by atoms with Gasteiger partial charge in [0, 0.05) is 6.54 Å². The van der Waals surface area contributed by atoms with E-state index in [-0.39, 0.29) is 37.7 Å². The van der Waals surface area contributed by atoms with Crippen LogP contribution in [0.2, 0.25) is 0 Å². The van der Waals surface area contributed by atoms with E-state index >= 15 is 0 Å². The highest BCUT2D eigenvalue weighted by Crippen LogP contribution is 2.18. The molecule has 0 saturated carbocycles. The van der Waals surface area contributed by atoms with Crippen molar-refractivity contribution in [3.8, 4) is 0 Å². The van der Waals surface area contributed by atoms with Crippen LogP contribution in [0.25, 0.3) is 10.8 Å². The quantitative estimate of drug-likeness (QED) is 0.748. The van der Waals surface area contributed by atoms with Gasteiger partial charge in [0.25, 0.3) is 0 Å². The number of benzene rings is 2. The average Bonchev–Trinajstić information content (AvgIpc) is 2.60.